The van der Waals surface area contributed by atoms with E-state index < -0.39 is 0 Å². The molecular formula is C17H23N5O. The summed E-state index contributed by atoms with van der Waals surface area (Å²) in [5.74, 6) is 2.31. The second-order valence-corrected chi connectivity index (χ2v) is 6.80. The van der Waals surface area contributed by atoms with Gasteiger partial charge in [0.25, 0.3) is 0 Å². The average molecular weight is 313 g/mol. The van der Waals surface area contributed by atoms with Gasteiger partial charge < -0.3 is 15.2 Å². The van der Waals surface area contributed by atoms with Crippen molar-refractivity contribution in [2.24, 2.45) is 11.7 Å². The van der Waals surface area contributed by atoms with Crippen LogP contribution < -0.4 is 5.73 Å². The lowest BCUT2D eigenvalue weighted by atomic mass is 9.89. The summed E-state index contributed by atoms with van der Waals surface area (Å²) in [4.78, 5) is 14.5. The van der Waals surface area contributed by atoms with E-state index in [4.69, 9.17) is 5.73 Å². The van der Waals surface area contributed by atoms with Crippen LogP contribution in [0.3, 0.4) is 0 Å². The summed E-state index contributed by atoms with van der Waals surface area (Å²) < 4.78 is 2.09. The Hall–Kier alpha value is -1.95. The number of carbonyl (C=O) groups excluding carboxylic acids is 1. The Labute approximate surface area is 136 Å². The highest BCUT2D eigenvalue weighted by Gasteiger charge is 2.33. The van der Waals surface area contributed by atoms with Crippen molar-refractivity contribution < 1.29 is 4.79 Å². The lowest BCUT2D eigenvalue weighted by molar-refractivity contribution is -0.133. The largest absolute Gasteiger partial charge is 0.333 e. The number of aromatic nitrogens is 3. The molecule has 6 nitrogen and oxygen atoms in total. The number of nitrogens with zero attached hydrogens (tertiary/aromatic N) is 4. The van der Waals surface area contributed by atoms with Crippen LogP contribution >= 0.6 is 0 Å². The SMILES string of the molecule is Cc1nnc2n1CCN(C(=O)CC(N)C1CCC3=C1CC=C3)C2. The third-order valence-corrected chi connectivity index (χ3v) is 5.46. The van der Waals surface area contributed by atoms with E-state index in [9.17, 15) is 4.79 Å². The van der Waals surface area contributed by atoms with Crippen LogP contribution in [-0.4, -0.2) is 38.2 Å². The molecule has 0 fully saturated rings. The fraction of sp³-hybridized carbons (Fsp3) is 0.588. The highest BCUT2D eigenvalue weighted by molar-refractivity contribution is 5.77. The molecule has 3 aliphatic rings. The van der Waals surface area contributed by atoms with Gasteiger partial charge in [0.1, 0.15) is 5.82 Å². The fourth-order valence-electron chi connectivity index (χ4n) is 4.15. The first kappa shape index (κ1) is 14.6. The predicted molar refractivity (Wildman–Crippen MR) is 86.3 cm³/mol. The third kappa shape index (κ3) is 2.51. The van der Waals surface area contributed by atoms with Crippen molar-refractivity contribution in [3.05, 3.63) is 34.9 Å². The normalized spacial score (nSPS) is 24.1. The molecule has 0 spiro atoms. The van der Waals surface area contributed by atoms with Gasteiger partial charge in [0, 0.05) is 25.6 Å². The molecule has 0 bridgehead atoms. The Balaban J connectivity index is 1.39. The monoisotopic (exact) mass is 313 g/mol. The van der Waals surface area contributed by atoms with Crippen molar-refractivity contribution in [3.8, 4) is 0 Å². The molecular weight excluding hydrogens is 290 g/mol. The zero-order valence-electron chi connectivity index (χ0n) is 13.5. The van der Waals surface area contributed by atoms with E-state index in [2.05, 4.69) is 26.9 Å². The first-order valence-corrected chi connectivity index (χ1v) is 8.44. The minimum absolute atomic E-state index is 0.0727. The van der Waals surface area contributed by atoms with Crippen LogP contribution in [0.25, 0.3) is 0 Å². The fourth-order valence-corrected chi connectivity index (χ4v) is 4.15. The van der Waals surface area contributed by atoms with Crippen LogP contribution in [0.5, 0.6) is 0 Å². The Morgan fingerprint density at radius 3 is 3.17 bits per heavy atom. The van der Waals surface area contributed by atoms with E-state index in [1.54, 1.807) is 0 Å². The molecule has 2 heterocycles. The lowest BCUT2D eigenvalue weighted by Gasteiger charge is -2.30. The zero-order chi connectivity index (χ0) is 16.0. The molecule has 23 heavy (non-hydrogen) atoms. The molecule has 122 valence electrons. The number of rotatable bonds is 3. The molecule has 0 aromatic carbocycles. The summed E-state index contributed by atoms with van der Waals surface area (Å²) in [5, 5.41) is 8.25. The maximum Gasteiger partial charge on any atom is 0.224 e. The molecule has 1 aliphatic heterocycles. The lowest BCUT2D eigenvalue weighted by Crippen LogP contribution is -2.42. The zero-order valence-corrected chi connectivity index (χ0v) is 13.5. The van der Waals surface area contributed by atoms with Crippen molar-refractivity contribution in [2.75, 3.05) is 6.54 Å². The minimum atomic E-state index is -0.0727. The molecule has 2 N–H and O–H groups in total. The molecule has 2 unspecified atom stereocenters. The topological polar surface area (TPSA) is 77.0 Å². The van der Waals surface area contributed by atoms with Crippen LogP contribution in [0.1, 0.15) is 37.3 Å². The maximum absolute atomic E-state index is 12.6. The van der Waals surface area contributed by atoms with Gasteiger partial charge in [-0.1, -0.05) is 17.7 Å². The Morgan fingerprint density at radius 2 is 2.30 bits per heavy atom. The number of hydrogen-bond donors (Lipinski definition) is 1. The molecule has 2 aliphatic carbocycles. The smallest absolute Gasteiger partial charge is 0.224 e. The molecule has 0 saturated carbocycles. The van der Waals surface area contributed by atoms with E-state index in [0.717, 1.165) is 44.0 Å². The number of carbonyl (C=O) groups is 1. The van der Waals surface area contributed by atoms with Crippen LogP contribution in [-0.2, 0) is 17.9 Å². The molecule has 4 rings (SSSR count). The van der Waals surface area contributed by atoms with Crippen LogP contribution in [0.2, 0.25) is 0 Å². The van der Waals surface area contributed by atoms with Crippen LogP contribution in [0.15, 0.2) is 23.3 Å². The van der Waals surface area contributed by atoms with Crippen molar-refractivity contribution in [1.29, 1.82) is 0 Å². The average Bonchev–Trinajstić information content (AvgIpc) is 3.22. The van der Waals surface area contributed by atoms with Gasteiger partial charge in [-0.15, -0.1) is 10.2 Å². The van der Waals surface area contributed by atoms with Gasteiger partial charge in [0.2, 0.25) is 5.91 Å². The summed E-state index contributed by atoms with van der Waals surface area (Å²) >= 11 is 0. The second-order valence-electron chi connectivity index (χ2n) is 6.80. The highest BCUT2D eigenvalue weighted by Crippen LogP contribution is 2.40. The third-order valence-electron chi connectivity index (χ3n) is 5.46. The van der Waals surface area contributed by atoms with E-state index in [-0.39, 0.29) is 11.9 Å². The quantitative estimate of drug-likeness (QED) is 0.913. The molecule has 1 aromatic rings. The Bertz CT molecular complexity index is 702. The summed E-state index contributed by atoms with van der Waals surface area (Å²) in [7, 11) is 0. The Kier molecular flexibility index (Phi) is 3.56. The molecule has 2 atom stereocenters. The molecule has 1 amide bonds. The second kappa shape index (κ2) is 5.60. The number of fused-ring (bicyclic) bond motifs is 1. The van der Waals surface area contributed by atoms with E-state index in [0.29, 0.717) is 18.9 Å². The molecule has 1 aromatic heterocycles. The van der Waals surface area contributed by atoms with Crippen molar-refractivity contribution in [3.63, 3.8) is 0 Å². The Morgan fingerprint density at radius 1 is 1.43 bits per heavy atom. The number of aryl methyl sites for hydroxylation is 1. The van der Waals surface area contributed by atoms with Crippen molar-refractivity contribution >= 4 is 5.91 Å². The predicted octanol–water partition coefficient (Wildman–Crippen LogP) is 1.31. The summed E-state index contributed by atoms with van der Waals surface area (Å²) in [6.45, 7) is 3.99. The standard InChI is InChI=1S/C17H23N5O/c1-11-19-20-16-10-21(7-8-22(11)16)17(23)9-15(18)14-6-5-12-3-2-4-13(12)14/h2-3,14-15H,4-10,18H2,1H3. The number of hydrogen-bond acceptors (Lipinski definition) is 4. The van der Waals surface area contributed by atoms with Gasteiger partial charge >= 0.3 is 0 Å². The van der Waals surface area contributed by atoms with Gasteiger partial charge in [0.15, 0.2) is 5.82 Å². The number of amides is 1. The van der Waals surface area contributed by atoms with Crippen LogP contribution in [0, 0.1) is 12.8 Å². The minimum Gasteiger partial charge on any atom is -0.333 e. The molecule has 0 saturated heterocycles. The first-order chi connectivity index (χ1) is 11.1. The molecule has 6 heteroatoms. The van der Waals surface area contributed by atoms with Gasteiger partial charge in [-0.2, -0.15) is 0 Å². The van der Waals surface area contributed by atoms with E-state index >= 15 is 0 Å². The summed E-state index contributed by atoms with van der Waals surface area (Å²) in [5.41, 5.74) is 9.33. The van der Waals surface area contributed by atoms with Gasteiger partial charge in [-0.3, -0.25) is 4.79 Å². The van der Waals surface area contributed by atoms with E-state index in [1.807, 2.05) is 11.8 Å². The van der Waals surface area contributed by atoms with Crippen LogP contribution in [0.4, 0.5) is 0 Å². The number of nitrogens with two attached hydrogens (primary N) is 1. The van der Waals surface area contributed by atoms with Crippen molar-refractivity contribution in [1.82, 2.24) is 19.7 Å². The molecule has 0 radical (unpaired) electrons. The summed E-state index contributed by atoms with van der Waals surface area (Å²) in [6, 6.07) is -0.0727. The van der Waals surface area contributed by atoms with Crippen molar-refractivity contribution in [2.45, 2.75) is 51.7 Å². The van der Waals surface area contributed by atoms with Gasteiger partial charge in [0.05, 0.1) is 6.54 Å². The number of allylic oxidation sites excluding steroid dienone is 3. The van der Waals surface area contributed by atoms with Gasteiger partial charge in [-0.05, 0) is 37.7 Å². The first-order valence-electron chi connectivity index (χ1n) is 8.44. The summed E-state index contributed by atoms with van der Waals surface area (Å²) in [6.07, 6.45) is 8.10. The van der Waals surface area contributed by atoms with E-state index in [1.165, 1.54) is 11.1 Å². The highest BCUT2D eigenvalue weighted by atomic mass is 16.2. The van der Waals surface area contributed by atoms with Gasteiger partial charge in [-0.25, -0.2) is 0 Å². The maximum atomic E-state index is 12.6.